The Morgan fingerprint density at radius 2 is 1.90 bits per heavy atom. The van der Waals surface area contributed by atoms with E-state index in [0.717, 1.165) is 6.42 Å². The van der Waals surface area contributed by atoms with Crippen LogP contribution in [0.3, 0.4) is 0 Å². The van der Waals surface area contributed by atoms with Gasteiger partial charge in [0.25, 0.3) is 0 Å². The fourth-order valence-corrected chi connectivity index (χ4v) is 5.31. The summed E-state index contributed by atoms with van der Waals surface area (Å²) in [5.74, 6) is -0.389. The van der Waals surface area contributed by atoms with Crippen LogP contribution in [0.4, 0.5) is 9.18 Å². The van der Waals surface area contributed by atoms with Gasteiger partial charge in [0, 0.05) is 18.0 Å². The normalized spacial score (nSPS) is 21.9. The summed E-state index contributed by atoms with van der Waals surface area (Å²) in [6.45, 7) is 6.32. The van der Waals surface area contributed by atoms with Crippen LogP contribution in [0.25, 0.3) is 0 Å². The number of nitro groups is 1. The first-order valence-electron chi connectivity index (χ1n) is 9.37. The lowest BCUT2D eigenvalue weighted by Crippen LogP contribution is -2.51. The number of thiocarbonyl (C=S) groups is 1. The number of hydrogen-bond acceptors (Lipinski definition) is 6. The maximum absolute atomic E-state index is 13.2. The highest BCUT2D eigenvalue weighted by Gasteiger charge is 2.47. The minimum absolute atomic E-state index is 0.0215. The zero-order valence-electron chi connectivity index (χ0n) is 16.5. The Morgan fingerprint density at radius 1 is 1.31 bits per heavy atom. The molecule has 2 heterocycles. The van der Waals surface area contributed by atoms with Gasteiger partial charge >= 0.3 is 6.09 Å². The van der Waals surface area contributed by atoms with Gasteiger partial charge in [0.1, 0.15) is 21.0 Å². The summed E-state index contributed by atoms with van der Waals surface area (Å²) in [6.07, 6.45) is 0.483. The van der Waals surface area contributed by atoms with E-state index in [-0.39, 0.29) is 35.5 Å². The second-order valence-corrected chi connectivity index (χ2v) is 10.1. The van der Waals surface area contributed by atoms with Crippen LogP contribution >= 0.6 is 24.0 Å². The zero-order chi connectivity index (χ0) is 21.3. The van der Waals surface area contributed by atoms with Crippen LogP contribution < -0.4 is 0 Å². The predicted octanol–water partition coefficient (Wildman–Crippen LogP) is 3.86. The van der Waals surface area contributed by atoms with Gasteiger partial charge in [-0.3, -0.25) is 10.1 Å². The SMILES string of the molecule is CC(C)(C)OC(=O)N1C[C@@H]2C[C@H]1CN2C(=S)SC(C[N+](=O)[O-])c1ccc(F)cc1. The standard InChI is InChI=1S/C19H24FN3O4S2/c1-19(2,3)27-17(24)21-9-15-8-14(21)10-22(15)18(28)29-16(11-23(25)26)12-4-6-13(20)7-5-12/h4-7,14-16H,8-11H2,1-3H3/t14-,15-,16?/m0/s1. The molecule has 3 rings (SSSR count). The first-order valence-corrected chi connectivity index (χ1v) is 10.7. The molecule has 7 nitrogen and oxygen atoms in total. The van der Waals surface area contributed by atoms with Crippen LogP contribution in [-0.2, 0) is 4.74 Å². The molecule has 0 aliphatic carbocycles. The third kappa shape index (κ3) is 5.36. The van der Waals surface area contributed by atoms with E-state index in [1.165, 1.54) is 23.9 Å². The lowest BCUT2D eigenvalue weighted by atomic mass is 10.1. The Bertz CT molecular complexity index is 800. The fourth-order valence-electron chi connectivity index (χ4n) is 3.65. The third-order valence-electron chi connectivity index (χ3n) is 4.90. The van der Waals surface area contributed by atoms with Crippen LogP contribution in [0.2, 0.25) is 0 Å². The van der Waals surface area contributed by atoms with E-state index >= 15 is 0 Å². The number of likely N-dealkylation sites (tertiary alicyclic amines) is 2. The molecule has 0 aromatic heterocycles. The number of piperazine rings is 1. The van der Waals surface area contributed by atoms with Crippen LogP contribution in [0, 0.1) is 15.9 Å². The molecule has 2 bridgehead atoms. The van der Waals surface area contributed by atoms with Crippen molar-refractivity contribution >= 4 is 34.4 Å². The van der Waals surface area contributed by atoms with E-state index in [2.05, 4.69) is 0 Å². The average Bonchev–Trinajstić information content (AvgIpc) is 3.20. The first kappa shape index (κ1) is 21.8. The lowest BCUT2D eigenvalue weighted by molar-refractivity contribution is -0.479. The van der Waals surface area contributed by atoms with E-state index in [9.17, 15) is 19.3 Å². The summed E-state index contributed by atoms with van der Waals surface area (Å²) < 4.78 is 19.2. The second-order valence-electron chi connectivity index (χ2n) is 8.27. The third-order valence-corrected chi connectivity index (χ3v) is 6.57. The molecule has 0 spiro atoms. The van der Waals surface area contributed by atoms with Crippen LogP contribution in [0.5, 0.6) is 0 Å². The summed E-state index contributed by atoms with van der Waals surface area (Å²) in [5, 5.41) is 10.6. The Morgan fingerprint density at radius 3 is 2.41 bits per heavy atom. The maximum Gasteiger partial charge on any atom is 0.410 e. The molecular formula is C19H24FN3O4S2. The van der Waals surface area contributed by atoms with Gasteiger partial charge in [0.15, 0.2) is 0 Å². The molecule has 1 aromatic carbocycles. The van der Waals surface area contributed by atoms with E-state index in [4.69, 9.17) is 17.0 Å². The zero-order valence-corrected chi connectivity index (χ0v) is 18.2. The monoisotopic (exact) mass is 441 g/mol. The largest absolute Gasteiger partial charge is 0.444 e. The number of nitrogens with zero attached hydrogens (tertiary/aromatic N) is 3. The molecule has 2 fully saturated rings. The van der Waals surface area contributed by atoms with E-state index in [1.807, 2.05) is 25.7 Å². The fraction of sp³-hybridized carbons (Fsp3) is 0.579. The Hall–Kier alpha value is -1.94. The van der Waals surface area contributed by atoms with Gasteiger partial charge in [-0.25, -0.2) is 9.18 Å². The minimum Gasteiger partial charge on any atom is -0.444 e. The Balaban J connectivity index is 1.63. The molecule has 3 atom stereocenters. The number of hydrogen-bond donors (Lipinski definition) is 0. The van der Waals surface area contributed by atoms with E-state index in [0.29, 0.717) is 23.0 Å². The molecule has 158 valence electrons. The highest BCUT2D eigenvalue weighted by Crippen LogP contribution is 2.38. The number of amides is 1. The average molecular weight is 442 g/mol. The maximum atomic E-state index is 13.2. The lowest BCUT2D eigenvalue weighted by Gasteiger charge is -2.36. The predicted molar refractivity (Wildman–Crippen MR) is 113 cm³/mol. The van der Waals surface area contributed by atoms with Gasteiger partial charge in [-0.15, -0.1) is 0 Å². The number of carbonyl (C=O) groups is 1. The van der Waals surface area contributed by atoms with Crippen molar-refractivity contribution in [2.24, 2.45) is 0 Å². The van der Waals surface area contributed by atoms with E-state index in [1.54, 1.807) is 17.0 Å². The van der Waals surface area contributed by atoms with Gasteiger partial charge in [0.05, 0.1) is 12.1 Å². The van der Waals surface area contributed by atoms with Crippen molar-refractivity contribution in [1.29, 1.82) is 0 Å². The molecule has 2 saturated heterocycles. The molecule has 29 heavy (non-hydrogen) atoms. The van der Waals surface area contributed by atoms with Crippen LogP contribution in [-0.4, -0.2) is 62.5 Å². The van der Waals surface area contributed by atoms with Crippen molar-refractivity contribution < 1.29 is 18.8 Å². The summed E-state index contributed by atoms with van der Waals surface area (Å²) in [4.78, 5) is 26.9. The minimum atomic E-state index is -0.547. The highest BCUT2D eigenvalue weighted by atomic mass is 32.2. The van der Waals surface area contributed by atoms with Crippen molar-refractivity contribution in [2.45, 2.75) is 50.1 Å². The molecule has 10 heteroatoms. The highest BCUT2D eigenvalue weighted by molar-refractivity contribution is 8.23. The number of benzene rings is 1. The van der Waals surface area contributed by atoms with E-state index < -0.39 is 10.9 Å². The molecule has 2 aliphatic rings. The number of halogens is 1. The molecule has 1 aromatic rings. The van der Waals surface area contributed by atoms with Crippen molar-refractivity contribution in [3.05, 3.63) is 45.8 Å². The molecule has 0 radical (unpaired) electrons. The van der Waals surface area contributed by atoms with Gasteiger partial charge in [-0.2, -0.15) is 0 Å². The molecule has 0 N–H and O–H groups in total. The van der Waals surface area contributed by atoms with Crippen molar-refractivity contribution in [3.63, 3.8) is 0 Å². The quantitative estimate of drug-likeness (QED) is 0.399. The van der Waals surface area contributed by atoms with Crippen molar-refractivity contribution in [1.82, 2.24) is 9.80 Å². The van der Waals surface area contributed by atoms with Crippen molar-refractivity contribution in [2.75, 3.05) is 19.6 Å². The first-order chi connectivity index (χ1) is 13.5. The van der Waals surface area contributed by atoms with Crippen LogP contribution in [0.15, 0.2) is 24.3 Å². The summed E-state index contributed by atoms with van der Waals surface area (Å²) in [7, 11) is 0. The molecule has 1 unspecified atom stereocenters. The Labute approximate surface area is 178 Å². The molecule has 0 saturated carbocycles. The second kappa shape index (κ2) is 8.43. The van der Waals surface area contributed by atoms with Crippen LogP contribution in [0.1, 0.15) is 38.0 Å². The topological polar surface area (TPSA) is 75.9 Å². The molecule has 1 amide bonds. The number of thioether (sulfide) groups is 1. The molecular weight excluding hydrogens is 417 g/mol. The number of ether oxygens (including phenoxy) is 1. The molecule has 2 aliphatic heterocycles. The smallest absolute Gasteiger partial charge is 0.410 e. The summed E-state index contributed by atoms with van der Waals surface area (Å²) >= 11 is 6.83. The van der Waals surface area contributed by atoms with Gasteiger partial charge < -0.3 is 14.5 Å². The number of rotatable bonds is 4. The van der Waals surface area contributed by atoms with Gasteiger partial charge in [-0.1, -0.05) is 36.1 Å². The summed E-state index contributed by atoms with van der Waals surface area (Å²) in [6, 6.07) is 5.80. The number of carbonyl (C=O) groups excluding carboxylic acids is 1. The summed E-state index contributed by atoms with van der Waals surface area (Å²) in [5.41, 5.74) is 0.115. The Kier molecular flexibility index (Phi) is 6.33. The van der Waals surface area contributed by atoms with Gasteiger partial charge in [-0.05, 0) is 44.9 Å². The number of fused-ring (bicyclic) bond motifs is 2. The van der Waals surface area contributed by atoms with Crippen molar-refractivity contribution in [3.8, 4) is 0 Å². The van der Waals surface area contributed by atoms with Gasteiger partial charge in [0.2, 0.25) is 6.54 Å².